The van der Waals surface area contributed by atoms with Gasteiger partial charge in [0, 0.05) is 6.04 Å². The van der Waals surface area contributed by atoms with Crippen LogP contribution in [0.5, 0.6) is 0 Å². The third-order valence-corrected chi connectivity index (χ3v) is 3.01. The Morgan fingerprint density at radius 2 is 2.07 bits per heavy atom. The van der Waals surface area contributed by atoms with Gasteiger partial charge in [-0.1, -0.05) is 6.92 Å². The second-order valence-corrected chi connectivity index (χ2v) is 4.32. The van der Waals surface area contributed by atoms with Crippen molar-refractivity contribution in [2.75, 3.05) is 0 Å². The Morgan fingerprint density at radius 3 is 2.43 bits per heavy atom. The number of hydrazine groups is 1. The Balaban J connectivity index is 0.00000169. The number of carboxylic acids is 1. The summed E-state index contributed by atoms with van der Waals surface area (Å²) in [4.78, 5) is 10.6. The third kappa shape index (κ3) is 3.82. The summed E-state index contributed by atoms with van der Waals surface area (Å²) in [5, 5.41) is 8.71. The summed E-state index contributed by atoms with van der Waals surface area (Å²) in [5.41, 5.74) is 2.73. The Bertz CT molecular complexity index is 191. The predicted octanol–water partition coefficient (Wildman–Crippen LogP) is 1.30. The summed E-state index contributed by atoms with van der Waals surface area (Å²) in [5.74, 6) is 4.63. The van der Waals surface area contributed by atoms with Crippen LogP contribution in [0, 0.1) is 5.41 Å². The molecule has 1 aliphatic carbocycles. The Hall–Kier alpha value is -0.320. The number of hydrogen-bond donors (Lipinski definition) is 3. The van der Waals surface area contributed by atoms with Crippen LogP contribution in [0.4, 0.5) is 0 Å². The lowest BCUT2D eigenvalue weighted by molar-refractivity contribution is -0.140. The van der Waals surface area contributed by atoms with Gasteiger partial charge in [-0.15, -0.1) is 12.4 Å². The molecule has 0 aromatic carbocycles. The van der Waals surface area contributed by atoms with E-state index in [1.807, 2.05) is 6.92 Å². The number of carbonyl (C=O) groups is 1. The number of hydrogen-bond acceptors (Lipinski definition) is 3. The maximum absolute atomic E-state index is 10.6. The average molecular weight is 223 g/mol. The highest BCUT2D eigenvalue weighted by atomic mass is 35.5. The maximum Gasteiger partial charge on any atom is 0.303 e. The lowest BCUT2D eigenvalue weighted by Crippen LogP contribution is -2.40. The maximum atomic E-state index is 10.6. The number of halogens is 1. The van der Waals surface area contributed by atoms with Crippen molar-refractivity contribution in [1.82, 2.24) is 5.43 Å². The van der Waals surface area contributed by atoms with Crippen molar-refractivity contribution in [2.45, 2.75) is 45.1 Å². The summed E-state index contributed by atoms with van der Waals surface area (Å²) in [6, 6.07) is 0.377. The van der Waals surface area contributed by atoms with Gasteiger partial charge >= 0.3 is 5.97 Å². The molecule has 14 heavy (non-hydrogen) atoms. The molecule has 0 spiro atoms. The van der Waals surface area contributed by atoms with Crippen LogP contribution in [0.1, 0.15) is 39.0 Å². The van der Waals surface area contributed by atoms with Crippen LogP contribution in [0.2, 0.25) is 0 Å². The average Bonchev–Trinajstić information content (AvgIpc) is 2.04. The van der Waals surface area contributed by atoms with E-state index in [1.165, 1.54) is 0 Å². The van der Waals surface area contributed by atoms with Gasteiger partial charge in [0.2, 0.25) is 0 Å². The Kier molecular flexibility index (Phi) is 5.41. The summed E-state index contributed by atoms with van der Waals surface area (Å²) < 4.78 is 0. The topological polar surface area (TPSA) is 75.3 Å². The predicted molar refractivity (Wildman–Crippen MR) is 57.2 cm³/mol. The molecule has 0 saturated heterocycles. The molecule has 1 rings (SSSR count). The highest BCUT2D eigenvalue weighted by Crippen LogP contribution is 2.38. The van der Waals surface area contributed by atoms with E-state index in [1.54, 1.807) is 0 Å². The number of carboxylic acid groups (broad SMARTS) is 1. The largest absolute Gasteiger partial charge is 0.481 e. The molecule has 0 bridgehead atoms. The molecule has 1 saturated carbocycles. The van der Waals surface area contributed by atoms with Crippen molar-refractivity contribution in [3.8, 4) is 0 Å². The van der Waals surface area contributed by atoms with Gasteiger partial charge in [0.25, 0.3) is 0 Å². The number of nitrogens with two attached hydrogens (primary N) is 1. The molecule has 0 aliphatic heterocycles. The summed E-state index contributed by atoms with van der Waals surface area (Å²) >= 11 is 0. The van der Waals surface area contributed by atoms with E-state index in [4.69, 9.17) is 10.9 Å². The quantitative estimate of drug-likeness (QED) is 0.497. The van der Waals surface area contributed by atoms with Crippen molar-refractivity contribution in [3.63, 3.8) is 0 Å². The molecular weight excluding hydrogens is 204 g/mol. The highest BCUT2D eigenvalue weighted by Gasteiger charge is 2.32. The lowest BCUT2D eigenvalue weighted by atomic mass is 9.72. The Labute approximate surface area is 90.6 Å². The van der Waals surface area contributed by atoms with Gasteiger partial charge in [0.05, 0.1) is 6.42 Å². The first-order chi connectivity index (χ1) is 6.06. The fraction of sp³-hybridized carbons (Fsp3) is 0.889. The lowest BCUT2D eigenvalue weighted by Gasteiger charge is -2.35. The zero-order chi connectivity index (χ0) is 9.90. The van der Waals surface area contributed by atoms with Crippen LogP contribution >= 0.6 is 12.4 Å². The van der Waals surface area contributed by atoms with E-state index < -0.39 is 5.97 Å². The highest BCUT2D eigenvalue weighted by molar-refractivity contribution is 5.85. The molecule has 0 aromatic heterocycles. The van der Waals surface area contributed by atoms with Gasteiger partial charge in [-0.3, -0.25) is 16.1 Å². The molecule has 4 N–H and O–H groups in total. The van der Waals surface area contributed by atoms with Gasteiger partial charge < -0.3 is 5.11 Å². The number of nitrogens with one attached hydrogen (secondary N) is 1. The second kappa shape index (κ2) is 5.53. The SMILES string of the molecule is CC1(CC(=O)O)CCC(NN)CC1.Cl. The first kappa shape index (κ1) is 13.7. The van der Waals surface area contributed by atoms with Crippen molar-refractivity contribution in [3.05, 3.63) is 0 Å². The summed E-state index contributed by atoms with van der Waals surface area (Å²) in [7, 11) is 0. The van der Waals surface area contributed by atoms with Gasteiger partial charge in [-0.25, -0.2) is 0 Å². The summed E-state index contributed by atoms with van der Waals surface area (Å²) in [6.07, 6.45) is 4.16. The molecule has 0 atom stereocenters. The molecule has 0 amide bonds. The van der Waals surface area contributed by atoms with Crippen LogP contribution in [-0.2, 0) is 4.79 Å². The zero-order valence-corrected chi connectivity index (χ0v) is 9.27. The fourth-order valence-corrected chi connectivity index (χ4v) is 2.02. The minimum atomic E-state index is -0.693. The molecule has 0 aromatic rings. The van der Waals surface area contributed by atoms with Crippen molar-refractivity contribution in [1.29, 1.82) is 0 Å². The molecule has 0 radical (unpaired) electrons. The van der Waals surface area contributed by atoms with E-state index >= 15 is 0 Å². The molecular formula is C9H19ClN2O2. The van der Waals surface area contributed by atoms with Crippen LogP contribution in [0.15, 0.2) is 0 Å². The molecule has 0 heterocycles. The number of rotatable bonds is 3. The smallest absolute Gasteiger partial charge is 0.303 e. The monoisotopic (exact) mass is 222 g/mol. The van der Waals surface area contributed by atoms with E-state index in [0.29, 0.717) is 6.04 Å². The van der Waals surface area contributed by atoms with Gasteiger partial charge in [0.1, 0.15) is 0 Å². The standard InChI is InChI=1S/C9H18N2O2.ClH/c1-9(6-8(12)13)4-2-7(11-10)3-5-9;/h7,11H,2-6,10H2,1H3,(H,12,13);1H. The van der Waals surface area contributed by atoms with Gasteiger partial charge in [-0.2, -0.15) is 0 Å². The van der Waals surface area contributed by atoms with Crippen LogP contribution in [0.3, 0.4) is 0 Å². The zero-order valence-electron chi connectivity index (χ0n) is 8.45. The minimum absolute atomic E-state index is 0. The van der Waals surface area contributed by atoms with E-state index in [9.17, 15) is 4.79 Å². The first-order valence-electron chi connectivity index (χ1n) is 4.74. The van der Waals surface area contributed by atoms with E-state index in [2.05, 4.69) is 5.43 Å². The van der Waals surface area contributed by atoms with Crippen LogP contribution in [0.25, 0.3) is 0 Å². The van der Waals surface area contributed by atoms with Crippen LogP contribution < -0.4 is 11.3 Å². The molecule has 1 aliphatic rings. The first-order valence-corrected chi connectivity index (χ1v) is 4.74. The molecule has 4 nitrogen and oxygen atoms in total. The third-order valence-electron chi connectivity index (χ3n) is 3.01. The second-order valence-electron chi connectivity index (χ2n) is 4.32. The van der Waals surface area contributed by atoms with Gasteiger partial charge in [-0.05, 0) is 31.1 Å². The molecule has 5 heteroatoms. The normalized spacial score (nSPS) is 32.0. The van der Waals surface area contributed by atoms with Crippen molar-refractivity contribution >= 4 is 18.4 Å². The minimum Gasteiger partial charge on any atom is -0.481 e. The van der Waals surface area contributed by atoms with Crippen molar-refractivity contribution in [2.24, 2.45) is 11.3 Å². The van der Waals surface area contributed by atoms with E-state index in [-0.39, 0.29) is 24.2 Å². The van der Waals surface area contributed by atoms with Crippen molar-refractivity contribution < 1.29 is 9.90 Å². The molecule has 84 valence electrons. The van der Waals surface area contributed by atoms with Crippen LogP contribution in [-0.4, -0.2) is 17.1 Å². The molecule has 1 fully saturated rings. The van der Waals surface area contributed by atoms with E-state index in [0.717, 1.165) is 25.7 Å². The fourth-order valence-electron chi connectivity index (χ4n) is 2.02. The Morgan fingerprint density at radius 1 is 1.57 bits per heavy atom. The number of aliphatic carboxylic acids is 1. The summed E-state index contributed by atoms with van der Waals surface area (Å²) in [6.45, 7) is 2.05. The van der Waals surface area contributed by atoms with Gasteiger partial charge in [0.15, 0.2) is 0 Å². The molecule has 0 unspecified atom stereocenters.